The average molecular weight is 322 g/mol. The molecule has 1 fully saturated rings. The van der Waals surface area contributed by atoms with Crippen LogP contribution in [-0.2, 0) is 0 Å². The summed E-state index contributed by atoms with van der Waals surface area (Å²) in [7, 11) is 0. The molecule has 0 amide bonds. The van der Waals surface area contributed by atoms with Gasteiger partial charge in [0.2, 0.25) is 0 Å². The largest absolute Gasteiger partial charge is 0.352 e. The molecule has 0 aliphatic carbocycles. The second-order valence-corrected chi connectivity index (χ2v) is 5.69. The molecule has 3 aromatic rings. The van der Waals surface area contributed by atoms with Crippen molar-refractivity contribution in [3.05, 3.63) is 48.7 Å². The summed E-state index contributed by atoms with van der Waals surface area (Å²) < 4.78 is 1.70. The van der Waals surface area contributed by atoms with Crippen LogP contribution in [0.3, 0.4) is 0 Å². The van der Waals surface area contributed by atoms with Crippen molar-refractivity contribution in [2.75, 3.05) is 36.0 Å². The third-order valence-corrected chi connectivity index (χ3v) is 4.05. The number of aryl methyl sites for hydroxylation is 1. The van der Waals surface area contributed by atoms with Crippen molar-refractivity contribution in [3.63, 3.8) is 0 Å². The standard InChI is InChI=1S/C16H18N8/c1-13-11-17-12-16(19-13)23-9-7-22(8-10-23)14-3-4-15(21-20-14)24-6-2-5-18-24/h2-6,11-12H,7-10H2,1H3. The molecule has 8 heteroatoms. The number of piperazine rings is 1. The number of hydrogen-bond donors (Lipinski definition) is 0. The lowest BCUT2D eigenvalue weighted by molar-refractivity contribution is 0.635. The van der Waals surface area contributed by atoms with Gasteiger partial charge in [-0.25, -0.2) is 9.67 Å². The van der Waals surface area contributed by atoms with Crippen molar-refractivity contribution < 1.29 is 0 Å². The van der Waals surface area contributed by atoms with Gasteiger partial charge < -0.3 is 9.80 Å². The van der Waals surface area contributed by atoms with Crippen molar-refractivity contribution in [2.45, 2.75) is 6.92 Å². The molecule has 0 atom stereocenters. The van der Waals surface area contributed by atoms with Gasteiger partial charge >= 0.3 is 0 Å². The molecule has 4 heterocycles. The van der Waals surface area contributed by atoms with Crippen LogP contribution in [0.2, 0.25) is 0 Å². The maximum absolute atomic E-state index is 4.54. The summed E-state index contributed by atoms with van der Waals surface area (Å²) in [5, 5.41) is 12.8. The van der Waals surface area contributed by atoms with E-state index in [1.807, 2.05) is 37.5 Å². The van der Waals surface area contributed by atoms with Crippen LogP contribution in [0.25, 0.3) is 5.82 Å². The third-order valence-electron chi connectivity index (χ3n) is 4.05. The zero-order valence-electron chi connectivity index (χ0n) is 13.4. The maximum Gasteiger partial charge on any atom is 0.175 e. The Bertz CT molecular complexity index is 791. The quantitative estimate of drug-likeness (QED) is 0.714. The van der Waals surface area contributed by atoms with Gasteiger partial charge in [-0.15, -0.1) is 10.2 Å². The van der Waals surface area contributed by atoms with Crippen molar-refractivity contribution in [1.29, 1.82) is 0 Å². The molecule has 0 aromatic carbocycles. The van der Waals surface area contributed by atoms with Gasteiger partial charge in [0.15, 0.2) is 11.6 Å². The predicted molar refractivity (Wildman–Crippen MR) is 90.3 cm³/mol. The molecule has 0 unspecified atom stereocenters. The van der Waals surface area contributed by atoms with E-state index in [0.717, 1.165) is 49.3 Å². The first-order valence-electron chi connectivity index (χ1n) is 7.92. The first-order chi connectivity index (χ1) is 11.8. The highest BCUT2D eigenvalue weighted by Crippen LogP contribution is 2.17. The van der Waals surface area contributed by atoms with Crippen molar-refractivity contribution in [2.24, 2.45) is 0 Å². The molecule has 4 rings (SSSR count). The Labute approximate surface area is 139 Å². The van der Waals surface area contributed by atoms with E-state index in [9.17, 15) is 0 Å². The Kier molecular flexibility index (Phi) is 3.78. The molecule has 0 N–H and O–H groups in total. The summed E-state index contributed by atoms with van der Waals surface area (Å²) in [6, 6.07) is 5.79. The highest BCUT2D eigenvalue weighted by Gasteiger charge is 2.19. The van der Waals surface area contributed by atoms with Gasteiger partial charge in [0.05, 0.1) is 11.9 Å². The van der Waals surface area contributed by atoms with Gasteiger partial charge in [0.25, 0.3) is 0 Å². The molecule has 1 saturated heterocycles. The lowest BCUT2D eigenvalue weighted by Crippen LogP contribution is -2.47. The Morgan fingerprint density at radius 1 is 0.875 bits per heavy atom. The van der Waals surface area contributed by atoms with E-state index < -0.39 is 0 Å². The zero-order chi connectivity index (χ0) is 16.4. The molecule has 0 bridgehead atoms. The molecule has 1 aliphatic rings. The van der Waals surface area contributed by atoms with Gasteiger partial charge in [0, 0.05) is 44.8 Å². The van der Waals surface area contributed by atoms with E-state index in [2.05, 4.69) is 35.1 Å². The Hall–Kier alpha value is -3.03. The van der Waals surface area contributed by atoms with Gasteiger partial charge in [-0.05, 0) is 25.1 Å². The van der Waals surface area contributed by atoms with Crippen LogP contribution in [-0.4, -0.2) is 56.1 Å². The van der Waals surface area contributed by atoms with E-state index in [1.165, 1.54) is 0 Å². The zero-order valence-corrected chi connectivity index (χ0v) is 13.4. The molecular formula is C16H18N8. The Morgan fingerprint density at radius 2 is 1.58 bits per heavy atom. The normalized spacial score (nSPS) is 14.9. The first-order valence-corrected chi connectivity index (χ1v) is 7.92. The van der Waals surface area contributed by atoms with Gasteiger partial charge in [-0.1, -0.05) is 0 Å². The van der Waals surface area contributed by atoms with E-state index in [4.69, 9.17) is 0 Å². The minimum Gasteiger partial charge on any atom is -0.352 e. The topological polar surface area (TPSA) is 75.9 Å². The van der Waals surface area contributed by atoms with Crippen LogP contribution in [0.5, 0.6) is 0 Å². The highest BCUT2D eigenvalue weighted by molar-refractivity contribution is 5.44. The summed E-state index contributed by atoms with van der Waals surface area (Å²) in [6.45, 7) is 5.50. The lowest BCUT2D eigenvalue weighted by Gasteiger charge is -2.35. The van der Waals surface area contributed by atoms with Crippen LogP contribution in [0, 0.1) is 6.92 Å². The van der Waals surface area contributed by atoms with Crippen molar-refractivity contribution in [1.82, 2.24) is 29.9 Å². The van der Waals surface area contributed by atoms with Crippen LogP contribution in [0.1, 0.15) is 5.69 Å². The predicted octanol–water partition coefficient (Wildman–Crippen LogP) is 1.09. The Balaban J connectivity index is 1.42. The number of rotatable bonds is 3. The molecule has 0 radical (unpaired) electrons. The van der Waals surface area contributed by atoms with Crippen LogP contribution in [0.15, 0.2) is 43.0 Å². The minimum atomic E-state index is 0.720. The van der Waals surface area contributed by atoms with E-state index in [-0.39, 0.29) is 0 Å². The second kappa shape index (κ2) is 6.23. The maximum atomic E-state index is 4.54. The molecule has 3 aromatic heterocycles. The fourth-order valence-corrected chi connectivity index (χ4v) is 2.78. The molecule has 1 aliphatic heterocycles. The summed E-state index contributed by atoms with van der Waals surface area (Å²) in [5.74, 6) is 2.55. The molecular weight excluding hydrogens is 304 g/mol. The van der Waals surface area contributed by atoms with Crippen LogP contribution >= 0.6 is 0 Å². The van der Waals surface area contributed by atoms with Crippen molar-refractivity contribution in [3.8, 4) is 5.82 Å². The van der Waals surface area contributed by atoms with Crippen molar-refractivity contribution >= 4 is 11.6 Å². The molecule has 122 valence electrons. The lowest BCUT2D eigenvalue weighted by atomic mass is 10.3. The van der Waals surface area contributed by atoms with E-state index >= 15 is 0 Å². The summed E-state index contributed by atoms with van der Waals surface area (Å²) in [4.78, 5) is 13.3. The van der Waals surface area contributed by atoms with E-state index in [0.29, 0.717) is 0 Å². The monoisotopic (exact) mass is 322 g/mol. The fourth-order valence-electron chi connectivity index (χ4n) is 2.78. The summed E-state index contributed by atoms with van der Waals surface area (Å²) in [5.41, 5.74) is 0.940. The van der Waals surface area contributed by atoms with Crippen LogP contribution in [0.4, 0.5) is 11.6 Å². The SMILES string of the molecule is Cc1cncc(N2CCN(c3ccc(-n4cccn4)nn3)CC2)n1. The van der Waals surface area contributed by atoms with Gasteiger partial charge in [0.1, 0.15) is 5.82 Å². The molecule has 24 heavy (non-hydrogen) atoms. The summed E-state index contributed by atoms with van der Waals surface area (Å²) >= 11 is 0. The van der Waals surface area contributed by atoms with Gasteiger partial charge in [-0.3, -0.25) is 4.98 Å². The highest BCUT2D eigenvalue weighted by atomic mass is 15.4. The summed E-state index contributed by atoms with van der Waals surface area (Å²) in [6.07, 6.45) is 7.17. The smallest absolute Gasteiger partial charge is 0.175 e. The number of aromatic nitrogens is 6. The number of nitrogens with zero attached hydrogens (tertiary/aromatic N) is 8. The third kappa shape index (κ3) is 2.90. The van der Waals surface area contributed by atoms with Crippen LogP contribution < -0.4 is 9.80 Å². The molecule has 0 spiro atoms. The Morgan fingerprint density at radius 3 is 2.21 bits per heavy atom. The number of hydrogen-bond acceptors (Lipinski definition) is 7. The molecule has 0 saturated carbocycles. The number of anilines is 2. The van der Waals surface area contributed by atoms with Gasteiger partial charge in [-0.2, -0.15) is 5.10 Å². The molecule has 8 nitrogen and oxygen atoms in total. The minimum absolute atomic E-state index is 0.720. The fraction of sp³-hybridized carbons (Fsp3) is 0.312. The average Bonchev–Trinajstić information content (AvgIpc) is 3.17. The second-order valence-electron chi connectivity index (χ2n) is 5.69. The van der Waals surface area contributed by atoms with E-state index in [1.54, 1.807) is 17.1 Å². The first kappa shape index (κ1) is 14.6.